The maximum atomic E-state index is 12.3. The number of nitrogens with one attached hydrogen (secondary N) is 1. The Labute approximate surface area is 131 Å². The summed E-state index contributed by atoms with van der Waals surface area (Å²) in [5.41, 5.74) is 0. The van der Waals surface area contributed by atoms with Crippen LogP contribution in [0.15, 0.2) is 12.2 Å². The lowest BCUT2D eigenvalue weighted by atomic mass is 9.85. The summed E-state index contributed by atoms with van der Waals surface area (Å²) < 4.78 is 0. The van der Waals surface area contributed by atoms with E-state index >= 15 is 0 Å². The Morgan fingerprint density at radius 1 is 1.09 bits per heavy atom. The molecule has 2 fully saturated rings. The number of rotatable bonds is 5. The highest BCUT2D eigenvalue weighted by Crippen LogP contribution is 2.35. The average Bonchev–Trinajstić information content (AvgIpc) is 3.10. The minimum absolute atomic E-state index is 0.0458. The van der Waals surface area contributed by atoms with E-state index in [1.165, 1.54) is 17.7 Å². The zero-order valence-electron chi connectivity index (χ0n) is 12.9. The van der Waals surface area contributed by atoms with Crippen LogP contribution in [0.2, 0.25) is 0 Å². The molecule has 22 heavy (non-hydrogen) atoms. The van der Waals surface area contributed by atoms with Gasteiger partial charge in [-0.05, 0) is 32.1 Å². The first-order valence-electron chi connectivity index (χ1n) is 8.46. The molecule has 5 heteroatoms. The van der Waals surface area contributed by atoms with Gasteiger partial charge in [0.2, 0.25) is 17.7 Å². The predicted molar refractivity (Wildman–Crippen MR) is 81.7 cm³/mol. The Morgan fingerprint density at radius 3 is 2.27 bits per heavy atom. The summed E-state index contributed by atoms with van der Waals surface area (Å²) in [4.78, 5) is 37.8. The summed E-state index contributed by atoms with van der Waals surface area (Å²) in [6.07, 6.45) is 10.8. The van der Waals surface area contributed by atoms with Gasteiger partial charge in [-0.3, -0.25) is 19.3 Å². The molecule has 1 aliphatic heterocycles. The lowest BCUT2D eigenvalue weighted by molar-refractivity contribution is -0.140. The molecule has 3 aliphatic rings. The minimum atomic E-state index is -0.162. The molecule has 2 aliphatic carbocycles. The molecule has 1 heterocycles. The number of carbonyl (C=O) groups excluding carboxylic acids is 3. The van der Waals surface area contributed by atoms with Crippen molar-refractivity contribution in [2.24, 2.45) is 11.8 Å². The molecule has 0 aromatic heterocycles. The van der Waals surface area contributed by atoms with E-state index < -0.39 is 0 Å². The second-order valence-corrected chi connectivity index (χ2v) is 6.64. The van der Waals surface area contributed by atoms with E-state index in [-0.39, 0.29) is 29.6 Å². The fourth-order valence-electron chi connectivity index (χ4n) is 3.86. The number of hydrogen-bond acceptors (Lipinski definition) is 3. The Morgan fingerprint density at radius 2 is 1.68 bits per heavy atom. The summed E-state index contributed by atoms with van der Waals surface area (Å²) >= 11 is 0. The number of hydrogen-bond donors (Lipinski definition) is 1. The normalized spacial score (nSPS) is 28.3. The van der Waals surface area contributed by atoms with E-state index in [1.54, 1.807) is 0 Å². The molecule has 120 valence electrons. The highest BCUT2D eigenvalue weighted by Gasteiger charge is 2.46. The van der Waals surface area contributed by atoms with Crippen LogP contribution in [0.1, 0.15) is 51.4 Å². The second-order valence-electron chi connectivity index (χ2n) is 6.64. The van der Waals surface area contributed by atoms with Gasteiger partial charge < -0.3 is 5.32 Å². The van der Waals surface area contributed by atoms with E-state index in [1.807, 2.05) is 12.2 Å². The quantitative estimate of drug-likeness (QED) is 0.622. The molecule has 0 aromatic rings. The van der Waals surface area contributed by atoms with Gasteiger partial charge in [0.15, 0.2) is 0 Å². The molecule has 0 aromatic carbocycles. The van der Waals surface area contributed by atoms with Crippen LogP contribution in [0.4, 0.5) is 0 Å². The second kappa shape index (κ2) is 6.63. The molecule has 0 radical (unpaired) electrons. The fraction of sp³-hybridized carbons (Fsp3) is 0.706. The standard InChI is InChI=1S/C17H24N2O3/c20-15(18-12-6-1-2-7-12)10-5-11-19-16(21)13-8-3-4-9-14(13)17(19)22/h3-4,12-14H,1-2,5-11H2,(H,18,20)/t13-,14+. The van der Waals surface area contributed by atoms with Gasteiger partial charge in [-0.25, -0.2) is 0 Å². The van der Waals surface area contributed by atoms with Gasteiger partial charge >= 0.3 is 0 Å². The largest absolute Gasteiger partial charge is 0.353 e. The van der Waals surface area contributed by atoms with Crippen molar-refractivity contribution in [3.63, 3.8) is 0 Å². The Balaban J connectivity index is 1.44. The maximum Gasteiger partial charge on any atom is 0.233 e. The summed E-state index contributed by atoms with van der Waals surface area (Å²) in [5, 5.41) is 3.04. The van der Waals surface area contributed by atoms with Gasteiger partial charge in [0.25, 0.3) is 0 Å². The Kier molecular flexibility index (Phi) is 4.60. The molecule has 3 rings (SSSR count). The van der Waals surface area contributed by atoms with Crippen molar-refractivity contribution < 1.29 is 14.4 Å². The number of likely N-dealkylation sites (tertiary alicyclic amines) is 1. The molecule has 0 bridgehead atoms. The number of imide groups is 1. The van der Waals surface area contributed by atoms with Crippen molar-refractivity contribution >= 4 is 17.7 Å². The van der Waals surface area contributed by atoms with Crippen molar-refractivity contribution in [2.75, 3.05) is 6.54 Å². The average molecular weight is 304 g/mol. The van der Waals surface area contributed by atoms with E-state index in [9.17, 15) is 14.4 Å². The van der Waals surface area contributed by atoms with Crippen LogP contribution in [0.5, 0.6) is 0 Å². The van der Waals surface area contributed by atoms with Crippen molar-refractivity contribution in [3.8, 4) is 0 Å². The number of amides is 3. The first-order chi connectivity index (χ1) is 10.7. The monoisotopic (exact) mass is 304 g/mol. The summed E-state index contributed by atoms with van der Waals surface area (Å²) in [5.74, 6) is -0.370. The van der Waals surface area contributed by atoms with Gasteiger partial charge in [0.05, 0.1) is 11.8 Å². The van der Waals surface area contributed by atoms with E-state index in [0.717, 1.165) is 12.8 Å². The maximum absolute atomic E-state index is 12.3. The predicted octanol–water partition coefficient (Wildman–Crippen LogP) is 1.78. The van der Waals surface area contributed by atoms with Crippen molar-refractivity contribution in [2.45, 2.75) is 57.4 Å². The molecule has 1 saturated heterocycles. The fourth-order valence-corrected chi connectivity index (χ4v) is 3.86. The van der Waals surface area contributed by atoms with Gasteiger partial charge in [0, 0.05) is 19.0 Å². The van der Waals surface area contributed by atoms with E-state index in [2.05, 4.69) is 5.32 Å². The van der Waals surface area contributed by atoms with Gasteiger partial charge in [-0.1, -0.05) is 25.0 Å². The SMILES string of the molecule is O=C(CCCN1C(=O)[C@H]2CC=CC[C@H]2C1=O)NC1CCCC1. The van der Waals surface area contributed by atoms with Crippen LogP contribution in [-0.4, -0.2) is 35.2 Å². The number of allylic oxidation sites excluding steroid dienone is 2. The van der Waals surface area contributed by atoms with Crippen molar-refractivity contribution in [1.82, 2.24) is 10.2 Å². The van der Waals surface area contributed by atoms with Crippen LogP contribution >= 0.6 is 0 Å². The molecule has 3 amide bonds. The Hall–Kier alpha value is -1.65. The third-order valence-electron chi connectivity index (χ3n) is 5.10. The molecule has 5 nitrogen and oxygen atoms in total. The third-order valence-corrected chi connectivity index (χ3v) is 5.10. The highest BCUT2D eigenvalue weighted by molar-refractivity contribution is 6.05. The van der Waals surface area contributed by atoms with Gasteiger partial charge in [-0.2, -0.15) is 0 Å². The topological polar surface area (TPSA) is 66.5 Å². The first-order valence-corrected chi connectivity index (χ1v) is 8.46. The van der Waals surface area contributed by atoms with Gasteiger partial charge in [0.1, 0.15) is 0 Å². The molecule has 1 saturated carbocycles. The molecule has 0 spiro atoms. The minimum Gasteiger partial charge on any atom is -0.353 e. The summed E-state index contributed by atoms with van der Waals surface area (Å²) in [6, 6.07) is 0.330. The van der Waals surface area contributed by atoms with Crippen LogP contribution < -0.4 is 5.32 Å². The lowest BCUT2D eigenvalue weighted by Gasteiger charge is -2.15. The smallest absolute Gasteiger partial charge is 0.233 e. The number of nitrogens with zero attached hydrogens (tertiary/aromatic N) is 1. The Bertz CT molecular complexity index is 468. The molecular formula is C17H24N2O3. The van der Waals surface area contributed by atoms with Crippen LogP contribution in [0, 0.1) is 11.8 Å². The van der Waals surface area contributed by atoms with Crippen molar-refractivity contribution in [3.05, 3.63) is 12.2 Å². The van der Waals surface area contributed by atoms with Gasteiger partial charge in [-0.15, -0.1) is 0 Å². The molecule has 0 unspecified atom stereocenters. The number of carbonyl (C=O) groups is 3. The van der Waals surface area contributed by atoms with Crippen LogP contribution in [0.25, 0.3) is 0 Å². The third kappa shape index (κ3) is 3.08. The van der Waals surface area contributed by atoms with Crippen LogP contribution in [0.3, 0.4) is 0 Å². The van der Waals surface area contributed by atoms with Crippen molar-refractivity contribution in [1.29, 1.82) is 0 Å². The lowest BCUT2D eigenvalue weighted by Crippen LogP contribution is -2.35. The summed E-state index contributed by atoms with van der Waals surface area (Å²) in [7, 11) is 0. The molecule has 1 N–H and O–H groups in total. The first kappa shape index (κ1) is 15.3. The highest BCUT2D eigenvalue weighted by atomic mass is 16.2. The number of fused-ring (bicyclic) bond motifs is 1. The zero-order chi connectivity index (χ0) is 15.5. The van der Waals surface area contributed by atoms with Crippen LogP contribution in [-0.2, 0) is 14.4 Å². The van der Waals surface area contributed by atoms with E-state index in [4.69, 9.17) is 0 Å². The van der Waals surface area contributed by atoms with E-state index in [0.29, 0.717) is 38.3 Å². The molecule has 2 atom stereocenters. The molecular weight excluding hydrogens is 280 g/mol. The zero-order valence-corrected chi connectivity index (χ0v) is 12.9. The summed E-state index contributed by atoms with van der Waals surface area (Å²) in [6.45, 7) is 0.378.